The molecule has 30 heavy (non-hydrogen) atoms. The molecule has 0 aliphatic carbocycles. The molecule has 1 aliphatic heterocycles. The molecule has 1 unspecified atom stereocenters. The Morgan fingerprint density at radius 1 is 1.20 bits per heavy atom. The van der Waals surface area contributed by atoms with E-state index in [-0.39, 0.29) is 16.8 Å². The van der Waals surface area contributed by atoms with Gasteiger partial charge in [0, 0.05) is 26.2 Å². The molecule has 1 aromatic carbocycles. The van der Waals surface area contributed by atoms with Gasteiger partial charge in [-0.3, -0.25) is 4.90 Å². The Hall–Kier alpha value is -2.56. The lowest BCUT2D eigenvalue weighted by molar-refractivity contribution is 0.166. The zero-order valence-corrected chi connectivity index (χ0v) is 17.6. The van der Waals surface area contributed by atoms with E-state index in [0.29, 0.717) is 36.1 Å². The Morgan fingerprint density at radius 3 is 2.70 bits per heavy atom. The molecule has 4 rings (SSSR count). The number of aromatic nitrogens is 2. The first-order chi connectivity index (χ1) is 14.3. The largest absolute Gasteiger partial charge is 0.447 e. The number of hydrogen-bond acceptors (Lipinski definition) is 7. The van der Waals surface area contributed by atoms with Crippen molar-refractivity contribution in [3.8, 4) is 11.4 Å². The zero-order chi connectivity index (χ0) is 21.3. The van der Waals surface area contributed by atoms with E-state index in [9.17, 15) is 12.8 Å². The molecule has 0 N–H and O–H groups in total. The predicted molar refractivity (Wildman–Crippen MR) is 107 cm³/mol. The minimum atomic E-state index is -3.59. The molecule has 160 valence electrons. The van der Waals surface area contributed by atoms with E-state index in [1.807, 2.05) is 0 Å². The number of sulfonamides is 1. The molecular weight excluding hydrogens is 411 g/mol. The van der Waals surface area contributed by atoms with Gasteiger partial charge in [-0.15, -0.1) is 0 Å². The van der Waals surface area contributed by atoms with Crippen molar-refractivity contribution in [3.05, 3.63) is 53.9 Å². The third-order valence-corrected chi connectivity index (χ3v) is 6.84. The number of rotatable bonds is 6. The third kappa shape index (κ3) is 4.30. The van der Waals surface area contributed by atoms with Crippen LogP contribution in [-0.4, -0.2) is 54.9 Å². The van der Waals surface area contributed by atoms with Crippen LogP contribution in [0.1, 0.15) is 30.4 Å². The van der Waals surface area contributed by atoms with Gasteiger partial charge in [0.2, 0.25) is 16.8 Å². The van der Waals surface area contributed by atoms with Gasteiger partial charge in [0.25, 0.3) is 10.0 Å². The maximum Gasteiger partial charge on any atom is 0.275 e. The summed E-state index contributed by atoms with van der Waals surface area (Å²) >= 11 is 0. The second kappa shape index (κ2) is 8.29. The molecule has 0 bridgehead atoms. The summed E-state index contributed by atoms with van der Waals surface area (Å²) in [6.07, 6.45) is 1.86. The van der Waals surface area contributed by atoms with Crippen molar-refractivity contribution in [2.75, 3.05) is 27.2 Å². The van der Waals surface area contributed by atoms with Gasteiger partial charge in [-0.05, 0) is 55.8 Å². The number of hydrogen-bond donors (Lipinski definition) is 0. The van der Waals surface area contributed by atoms with Gasteiger partial charge in [-0.2, -0.15) is 4.98 Å². The van der Waals surface area contributed by atoms with E-state index in [4.69, 9.17) is 8.94 Å². The number of likely N-dealkylation sites (tertiary alicyclic amines) is 1. The van der Waals surface area contributed by atoms with Crippen molar-refractivity contribution < 1.29 is 21.7 Å². The first-order valence-corrected chi connectivity index (χ1v) is 11.1. The number of benzene rings is 1. The molecule has 1 atom stereocenters. The van der Waals surface area contributed by atoms with Crippen LogP contribution in [0.5, 0.6) is 0 Å². The van der Waals surface area contributed by atoms with E-state index >= 15 is 0 Å². The molecule has 0 spiro atoms. The number of piperidine rings is 1. The minimum absolute atomic E-state index is 0.0584. The minimum Gasteiger partial charge on any atom is -0.447 e. The molecule has 10 heteroatoms. The Bertz CT molecular complexity index is 1110. The van der Waals surface area contributed by atoms with Gasteiger partial charge in [-0.25, -0.2) is 17.1 Å². The van der Waals surface area contributed by atoms with Crippen LogP contribution in [-0.2, 0) is 16.6 Å². The summed E-state index contributed by atoms with van der Waals surface area (Å²) in [5.41, 5.74) is 0.698. The Balaban J connectivity index is 1.43. The Kier molecular flexibility index (Phi) is 5.72. The maximum atomic E-state index is 13.1. The van der Waals surface area contributed by atoms with Crippen molar-refractivity contribution in [1.29, 1.82) is 0 Å². The monoisotopic (exact) mass is 434 g/mol. The zero-order valence-electron chi connectivity index (χ0n) is 16.8. The SMILES string of the molecule is CN(C)S(=O)(=O)c1ccc(CN2CCCC(c3nc(-c4ccc(F)cc4)no3)C2)o1. The van der Waals surface area contributed by atoms with Crippen molar-refractivity contribution in [2.45, 2.75) is 30.4 Å². The van der Waals surface area contributed by atoms with Gasteiger partial charge < -0.3 is 8.94 Å². The van der Waals surface area contributed by atoms with Crippen LogP contribution in [0.3, 0.4) is 0 Å². The second-order valence-corrected chi connectivity index (χ2v) is 9.63. The van der Waals surface area contributed by atoms with Gasteiger partial charge in [0.05, 0.1) is 12.5 Å². The molecule has 1 fully saturated rings. The normalized spacial score (nSPS) is 18.2. The Labute approximate surface area is 174 Å². The summed E-state index contributed by atoms with van der Waals surface area (Å²) < 4.78 is 49.6. The average molecular weight is 434 g/mol. The fourth-order valence-electron chi connectivity index (χ4n) is 3.50. The highest BCUT2D eigenvalue weighted by molar-refractivity contribution is 7.88. The van der Waals surface area contributed by atoms with Crippen LogP contribution >= 0.6 is 0 Å². The summed E-state index contributed by atoms with van der Waals surface area (Å²) in [5.74, 6) is 1.33. The highest BCUT2D eigenvalue weighted by Gasteiger charge is 2.28. The molecule has 1 aliphatic rings. The lowest BCUT2D eigenvalue weighted by Gasteiger charge is -2.30. The van der Waals surface area contributed by atoms with Crippen LogP contribution in [0.15, 0.2) is 50.4 Å². The number of furan rings is 1. The molecule has 2 aromatic heterocycles. The first kappa shape index (κ1) is 20.7. The molecule has 3 heterocycles. The topological polar surface area (TPSA) is 92.7 Å². The summed E-state index contributed by atoms with van der Waals surface area (Å²) in [6, 6.07) is 9.14. The van der Waals surface area contributed by atoms with Crippen molar-refractivity contribution >= 4 is 10.0 Å². The van der Waals surface area contributed by atoms with Crippen LogP contribution in [0, 0.1) is 5.82 Å². The molecule has 3 aromatic rings. The molecule has 1 saturated heterocycles. The van der Waals surface area contributed by atoms with Crippen molar-refractivity contribution in [3.63, 3.8) is 0 Å². The van der Waals surface area contributed by atoms with E-state index in [2.05, 4.69) is 15.0 Å². The lowest BCUT2D eigenvalue weighted by Crippen LogP contribution is -2.33. The van der Waals surface area contributed by atoms with Crippen LogP contribution < -0.4 is 0 Å². The molecule has 0 amide bonds. The summed E-state index contributed by atoms with van der Waals surface area (Å²) in [5, 5.41) is 3.97. The van der Waals surface area contributed by atoms with E-state index < -0.39 is 10.0 Å². The number of halogens is 1. The highest BCUT2D eigenvalue weighted by atomic mass is 32.2. The third-order valence-electron chi connectivity index (χ3n) is 5.15. The smallest absolute Gasteiger partial charge is 0.275 e. The summed E-state index contributed by atoms with van der Waals surface area (Å²) in [7, 11) is -0.646. The number of nitrogens with zero attached hydrogens (tertiary/aromatic N) is 4. The average Bonchev–Trinajstić information content (AvgIpc) is 3.39. The molecule has 8 nitrogen and oxygen atoms in total. The van der Waals surface area contributed by atoms with Crippen LogP contribution in [0.2, 0.25) is 0 Å². The second-order valence-electron chi connectivity index (χ2n) is 7.55. The van der Waals surface area contributed by atoms with Gasteiger partial charge >= 0.3 is 0 Å². The summed E-state index contributed by atoms with van der Waals surface area (Å²) in [4.78, 5) is 6.68. The highest BCUT2D eigenvalue weighted by Crippen LogP contribution is 2.29. The molecular formula is C20H23FN4O4S. The van der Waals surface area contributed by atoms with Crippen molar-refractivity contribution in [2.24, 2.45) is 0 Å². The quantitative estimate of drug-likeness (QED) is 0.589. The van der Waals surface area contributed by atoms with Crippen molar-refractivity contribution in [1.82, 2.24) is 19.3 Å². The van der Waals surface area contributed by atoms with Gasteiger partial charge in [0.15, 0.2) is 0 Å². The van der Waals surface area contributed by atoms with Crippen LogP contribution in [0.4, 0.5) is 4.39 Å². The van der Waals surface area contributed by atoms with Crippen LogP contribution in [0.25, 0.3) is 11.4 Å². The Morgan fingerprint density at radius 2 is 1.97 bits per heavy atom. The maximum absolute atomic E-state index is 13.1. The molecule has 0 radical (unpaired) electrons. The fraction of sp³-hybridized carbons (Fsp3) is 0.400. The summed E-state index contributed by atoms with van der Waals surface area (Å²) in [6.45, 7) is 2.06. The van der Waals surface area contributed by atoms with Gasteiger partial charge in [-0.1, -0.05) is 5.16 Å². The lowest BCUT2D eigenvalue weighted by atomic mass is 9.98. The first-order valence-electron chi connectivity index (χ1n) is 9.66. The van der Waals surface area contributed by atoms with E-state index in [1.165, 1.54) is 32.3 Å². The fourth-order valence-corrected chi connectivity index (χ4v) is 4.31. The standard InChI is InChI=1S/C20H23FN4O4S/c1-24(2)30(26,27)18-10-9-17(28-18)13-25-11-3-4-15(12-25)20-22-19(23-29-20)14-5-7-16(21)8-6-14/h5-10,15H,3-4,11-13H2,1-2H3. The van der Waals surface area contributed by atoms with E-state index in [0.717, 1.165) is 23.7 Å². The molecule has 0 saturated carbocycles. The van der Waals surface area contributed by atoms with Gasteiger partial charge in [0.1, 0.15) is 11.6 Å². The van der Waals surface area contributed by atoms with E-state index in [1.54, 1.807) is 18.2 Å². The predicted octanol–water partition coefficient (Wildman–Crippen LogP) is 3.10.